The number of rotatable bonds is 3. The van der Waals surface area contributed by atoms with E-state index in [1.807, 2.05) is 6.07 Å². The van der Waals surface area contributed by atoms with Gasteiger partial charge in [-0.1, -0.05) is 0 Å². The smallest absolute Gasteiger partial charge is 0.222 e. The summed E-state index contributed by atoms with van der Waals surface area (Å²) < 4.78 is 9.87. The van der Waals surface area contributed by atoms with Crippen LogP contribution in [0.1, 0.15) is 0 Å². The molecule has 2 aromatic rings. The Balaban J connectivity index is 1.82. The summed E-state index contributed by atoms with van der Waals surface area (Å²) in [5, 5.41) is 1.06. The van der Waals surface area contributed by atoms with Gasteiger partial charge >= 0.3 is 0 Å². The molecular formula is C13H18N4OS. The van der Waals surface area contributed by atoms with Crippen molar-refractivity contribution in [2.45, 2.75) is 0 Å². The van der Waals surface area contributed by atoms with Crippen LogP contribution < -0.4 is 4.74 Å². The third kappa shape index (κ3) is 2.56. The van der Waals surface area contributed by atoms with Gasteiger partial charge in [0.25, 0.3) is 0 Å². The standard InChI is InChI=1S/C13H18N4OS/c1-15-7-9-16(10-8-15)19-17-6-4-11-12(17)3-5-14-13(11)18-2/h3-6H,7-10H2,1-2H3. The first-order valence-corrected chi connectivity index (χ1v) is 7.13. The van der Waals surface area contributed by atoms with Gasteiger partial charge in [0, 0.05) is 50.7 Å². The number of piperazine rings is 1. The van der Waals surface area contributed by atoms with Crippen molar-refractivity contribution >= 4 is 23.0 Å². The Kier molecular flexibility index (Phi) is 3.63. The number of ether oxygens (including phenoxy) is 1. The zero-order valence-corrected chi connectivity index (χ0v) is 12.1. The number of pyridine rings is 1. The van der Waals surface area contributed by atoms with Crippen LogP contribution in [-0.2, 0) is 0 Å². The van der Waals surface area contributed by atoms with Crippen molar-refractivity contribution in [1.29, 1.82) is 0 Å². The molecule has 1 aliphatic heterocycles. The minimum Gasteiger partial charge on any atom is -0.481 e. The molecule has 19 heavy (non-hydrogen) atoms. The van der Waals surface area contributed by atoms with E-state index in [2.05, 4.69) is 37.5 Å². The van der Waals surface area contributed by atoms with Crippen molar-refractivity contribution in [3.8, 4) is 5.88 Å². The molecule has 3 heterocycles. The number of fused-ring (bicyclic) bond motifs is 1. The molecule has 0 aromatic carbocycles. The lowest BCUT2D eigenvalue weighted by molar-refractivity contribution is 0.233. The fourth-order valence-electron chi connectivity index (χ4n) is 2.24. The molecule has 2 aromatic heterocycles. The highest BCUT2D eigenvalue weighted by atomic mass is 32.2. The summed E-state index contributed by atoms with van der Waals surface area (Å²) in [4.78, 5) is 6.59. The number of methoxy groups -OCH3 is 1. The molecule has 1 aliphatic rings. The molecule has 0 saturated carbocycles. The molecule has 0 unspecified atom stereocenters. The third-order valence-electron chi connectivity index (χ3n) is 3.40. The second-order valence-corrected chi connectivity index (χ2v) is 5.78. The van der Waals surface area contributed by atoms with E-state index in [0.29, 0.717) is 5.88 Å². The van der Waals surface area contributed by atoms with E-state index in [4.69, 9.17) is 4.74 Å². The SMILES string of the molecule is COc1nccc2c1ccn2SN1CCN(C)CC1. The molecule has 1 saturated heterocycles. The van der Waals surface area contributed by atoms with Gasteiger partial charge in [-0.2, -0.15) is 0 Å². The van der Waals surface area contributed by atoms with Crippen LogP contribution in [-0.4, -0.2) is 58.5 Å². The van der Waals surface area contributed by atoms with Crippen LogP contribution in [0.25, 0.3) is 10.9 Å². The van der Waals surface area contributed by atoms with E-state index in [-0.39, 0.29) is 0 Å². The normalized spacial score (nSPS) is 18.0. The predicted molar refractivity (Wildman–Crippen MR) is 78.3 cm³/mol. The molecule has 0 amide bonds. The van der Waals surface area contributed by atoms with E-state index in [1.54, 1.807) is 25.4 Å². The van der Waals surface area contributed by atoms with Crippen molar-refractivity contribution in [2.24, 2.45) is 0 Å². The quantitative estimate of drug-likeness (QED) is 0.798. The monoisotopic (exact) mass is 278 g/mol. The van der Waals surface area contributed by atoms with Gasteiger partial charge in [0.2, 0.25) is 5.88 Å². The lowest BCUT2D eigenvalue weighted by atomic mass is 10.3. The van der Waals surface area contributed by atoms with Crippen LogP contribution in [0.15, 0.2) is 24.5 Å². The van der Waals surface area contributed by atoms with Crippen LogP contribution in [0.3, 0.4) is 0 Å². The van der Waals surface area contributed by atoms with Crippen LogP contribution in [0.5, 0.6) is 5.88 Å². The minimum absolute atomic E-state index is 0.690. The second kappa shape index (κ2) is 5.40. The Morgan fingerprint density at radius 3 is 2.74 bits per heavy atom. The summed E-state index contributed by atoms with van der Waals surface area (Å²) in [5.41, 5.74) is 1.15. The van der Waals surface area contributed by atoms with Crippen molar-refractivity contribution in [2.75, 3.05) is 40.3 Å². The van der Waals surface area contributed by atoms with E-state index in [0.717, 1.165) is 37.1 Å². The van der Waals surface area contributed by atoms with Gasteiger partial charge in [-0.3, -0.25) is 3.97 Å². The van der Waals surface area contributed by atoms with Crippen LogP contribution in [0.2, 0.25) is 0 Å². The van der Waals surface area contributed by atoms with E-state index in [1.165, 1.54) is 0 Å². The molecule has 0 atom stereocenters. The zero-order valence-electron chi connectivity index (χ0n) is 11.2. The van der Waals surface area contributed by atoms with E-state index >= 15 is 0 Å². The number of likely N-dealkylation sites (N-methyl/N-ethyl adjacent to an activating group) is 1. The van der Waals surface area contributed by atoms with Crippen molar-refractivity contribution < 1.29 is 4.74 Å². The molecular weight excluding hydrogens is 260 g/mol. The van der Waals surface area contributed by atoms with Crippen LogP contribution >= 0.6 is 12.1 Å². The van der Waals surface area contributed by atoms with Crippen LogP contribution in [0.4, 0.5) is 0 Å². The number of hydrogen-bond acceptors (Lipinski definition) is 5. The Labute approximate surface area is 117 Å². The largest absolute Gasteiger partial charge is 0.481 e. The average molecular weight is 278 g/mol. The maximum atomic E-state index is 5.29. The maximum absolute atomic E-state index is 5.29. The summed E-state index contributed by atoms with van der Waals surface area (Å²) in [6.07, 6.45) is 3.88. The van der Waals surface area contributed by atoms with Crippen molar-refractivity contribution in [3.63, 3.8) is 0 Å². The van der Waals surface area contributed by atoms with Gasteiger partial charge in [0.15, 0.2) is 0 Å². The summed E-state index contributed by atoms with van der Waals surface area (Å²) in [6, 6.07) is 4.09. The van der Waals surface area contributed by atoms with Crippen molar-refractivity contribution in [3.05, 3.63) is 24.5 Å². The summed E-state index contributed by atoms with van der Waals surface area (Å²) in [7, 11) is 3.83. The summed E-state index contributed by atoms with van der Waals surface area (Å²) in [6.45, 7) is 4.42. The number of nitrogens with zero attached hydrogens (tertiary/aromatic N) is 4. The van der Waals surface area contributed by atoms with Gasteiger partial charge in [-0.25, -0.2) is 9.29 Å². The first kappa shape index (κ1) is 12.8. The highest BCUT2D eigenvalue weighted by Gasteiger charge is 2.16. The predicted octanol–water partition coefficient (Wildman–Crippen LogP) is 1.70. The lowest BCUT2D eigenvalue weighted by Crippen LogP contribution is -2.41. The topological polar surface area (TPSA) is 33.5 Å². The third-order valence-corrected chi connectivity index (χ3v) is 4.49. The molecule has 0 radical (unpaired) electrons. The molecule has 0 spiro atoms. The first-order valence-electron chi connectivity index (χ1n) is 6.40. The van der Waals surface area contributed by atoms with E-state index < -0.39 is 0 Å². The highest BCUT2D eigenvalue weighted by Crippen LogP contribution is 2.28. The Morgan fingerprint density at radius 1 is 1.21 bits per heavy atom. The molecule has 3 rings (SSSR count). The summed E-state index contributed by atoms with van der Waals surface area (Å²) >= 11 is 1.76. The first-order chi connectivity index (χ1) is 9.28. The molecule has 0 bridgehead atoms. The van der Waals surface area contributed by atoms with Gasteiger partial charge in [0.05, 0.1) is 18.0 Å². The fourth-order valence-corrected chi connectivity index (χ4v) is 3.18. The van der Waals surface area contributed by atoms with E-state index in [9.17, 15) is 0 Å². The van der Waals surface area contributed by atoms with Gasteiger partial charge < -0.3 is 9.64 Å². The lowest BCUT2D eigenvalue weighted by Gasteiger charge is -2.31. The highest BCUT2D eigenvalue weighted by molar-refractivity contribution is 7.95. The van der Waals surface area contributed by atoms with Gasteiger partial charge in [0.1, 0.15) is 0 Å². The summed E-state index contributed by atoms with van der Waals surface area (Å²) in [5.74, 6) is 0.690. The molecule has 6 heteroatoms. The van der Waals surface area contributed by atoms with Crippen molar-refractivity contribution in [1.82, 2.24) is 18.2 Å². The average Bonchev–Trinajstić information content (AvgIpc) is 2.84. The maximum Gasteiger partial charge on any atom is 0.222 e. The number of aromatic nitrogens is 2. The Bertz CT molecular complexity index is 563. The molecule has 0 aliphatic carbocycles. The van der Waals surface area contributed by atoms with Crippen LogP contribution in [0, 0.1) is 0 Å². The zero-order chi connectivity index (χ0) is 13.2. The second-order valence-electron chi connectivity index (χ2n) is 4.71. The molecule has 1 fully saturated rings. The van der Waals surface area contributed by atoms with Gasteiger partial charge in [-0.05, 0) is 19.2 Å². The minimum atomic E-state index is 0.690. The Morgan fingerprint density at radius 2 is 2.00 bits per heavy atom. The molecule has 5 nitrogen and oxygen atoms in total. The fraction of sp³-hybridized carbons (Fsp3) is 0.462. The Hall–Kier alpha value is -1.24. The molecule has 102 valence electrons. The molecule has 0 N–H and O–H groups in total. The number of hydrogen-bond donors (Lipinski definition) is 0. The van der Waals surface area contributed by atoms with Gasteiger partial charge in [-0.15, -0.1) is 0 Å².